The van der Waals surface area contributed by atoms with Gasteiger partial charge in [0.1, 0.15) is 5.76 Å². The second-order valence-corrected chi connectivity index (χ2v) is 7.61. The average molecular weight is 390 g/mol. The van der Waals surface area contributed by atoms with Crippen molar-refractivity contribution in [1.29, 1.82) is 0 Å². The van der Waals surface area contributed by atoms with E-state index in [9.17, 15) is 4.79 Å². The third-order valence-corrected chi connectivity index (χ3v) is 5.71. The van der Waals surface area contributed by atoms with Crippen molar-refractivity contribution in [1.82, 2.24) is 9.88 Å². The minimum absolute atomic E-state index is 0.352. The van der Waals surface area contributed by atoms with Gasteiger partial charge in [0.2, 0.25) is 5.89 Å². The van der Waals surface area contributed by atoms with Crippen molar-refractivity contribution in [3.05, 3.63) is 76.7 Å². The number of nitrogens with zero attached hydrogens (tertiary/aromatic N) is 2. The Balaban J connectivity index is 1.52. The predicted octanol–water partition coefficient (Wildman–Crippen LogP) is 4.95. The van der Waals surface area contributed by atoms with Crippen LogP contribution in [0.3, 0.4) is 0 Å². The van der Waals surface area contributed by atoms with Crippen LogP contribution < -0.4 is 0 Å². The van der Waals surface area contributed by atoms with E-state index in [-0.39, 0.29) is 5.97 Å². The van der Waals surface area contributed by atoms with Gasteiger partial charge < -0.3 is 9.15 Å². The van der Waals surface area contributed by atoms with E-state index in [1.54, 1.807) is 12.1 Å². The van der Waals surface area contributed by atoms with Gasteiger partial charge in [-0.2, -0.15) is 0 Å². The van der Waals surface area contributed by atoms with E-state index < -0.39 is 0 Å². The molecule has 1 heterocycles. The molecule has 1 aliphatic carbocycles. The summed E-state index contributed by atoms with van der Waals surface area (Å²) in [5, 5.41) is 0. The molecule has 0 spiro atoms. The van der Waals surface area contributed by atoms with Crippen molar-refractivity contribution < 1.29 is 13.9 Å². The second-order valence-electron chi connectivity index (χ2n) is 7.61. The number of hydrogen-bond donors (Lipinski definition) is 0. The predicted molar refractivity (Wildman–Crippen MR) is 112 cm³/mol. The molecule has 0 fully saturated rings. The van der Waals surface area contributed by atoms with Gasteiger partial charge in [-0.3, -0.25) is 4.90 Å². The minimum Gasteiger partial charge on any atom is -0.465 e. The number of methoxy groups -OCH3 is 1. The summed E-state index contributed by atoms with van der Waals surface area (Å²) in [6.45, 7) is 2.69. The molecule has 0 saturated heterocycles. The molecule has 0 aliphatic heterocycles. The lowest BCUT2D eigenvalue weighted by atomic mass is 9.87. The van der Waals surface area contributed by atoms with E-state index >= 15 is 0 Å². The summed E-state index contributed by atoms with van der Waals surface area (Å²) in [6, 6.07) is 16.3. The summed E-state index contributed by atoms with van der Waals surface area (Å²) in [5.74, 6) is 1.05. The number of aryl methyl sites for hydroxylation is 2. The molecule has 1 aromatic heterocycles. The van der Waals surface area contributed by atoms with Crippen LogP contribution in [0.5, 0.6) is 0 Å². The molecule has 150 valence electrons. The van der Waals surface area contributed by atoms with Crippen LogP contribution in [0.1, 0.15) is 51.8 Å². The van der Waals surface area contributed by atoms with Crippen molar-refractivity contribution in [2.45, 2.75) is 38.8 Å². The van der Waals surface area contributed by atoms with Crippen molar-refractivity contribution in [2.24, 2.45) is 0 Å². The fraction of sp³-hybridized carbons (Fsp3) is 0.333. The normalized spacial score (nSPS) is 15.9. The minimum atomic E-state index is -0.352. The standard InChI is InChI=1S/C24H26N2O3/c1-16-21(15-26(2)22-10-6-8-17-7-4-5-9-20(17)22)25-23(29-16)18-11-13-19(14-12-18)24(27)28-3/h4-5,7,9,11-14,22H,6,8,10,15H2,1-3H3/t22-/m0/s1. The van der Waals surface area contributed by atoms with E-state index in [0.717, 1.165) is 36.4 Å². The second kappa shape index (κ2) is 8.21. The molecule has 2 aromatic carbocycles. The number of ether oxygens (including phenoxy) is 1. The van der Waals surface area contributed by atoms with Gasteiger partial charge in [-0.1, -0.05) is 24.3 Å². The smallest absolute Gasteiger partial charge is 0.337 e. The van der Waals surface area contributed by atoms with Gasteiger partial charge in [0.25, 0.3) is 0 Å². The Bertz CT molecular complexity index is 1010. The largest absolute Gasteiger partial charge is 0.465 e. The Labute approximate surface area is 171 Å². The van der Waals surface area contributed by atoms with Crippen LogP contribution in [0.15, 0.2) is 52.9 Å². The molecule has 0 saturated carbocycles. The monoisotopic (exact) mass is 390 g/mol. The van der Waals surface area contributed by atoms with Crippen LogP contribution in [0.2, 0.25) is 0 Å². The summed E-state index contributed by atoms with van der Waals surface area (Å²) in [7, 11) is 3.53. The summed E-state index contributed by atoms with van der Waals surface area (Å²) < 4.78 is 10.7. The number of esters is 1. The van der Waals surface area contributed by atoms with Crippen LogP contribution >= 0.6 is 0 Å². The molecule has 29 heavy (non-hydrogen) atoms. The topological polar surface area (TPSA) is 55.6 Å². The van der Waals surface area contributed by atoms with E-state index in [1.807, 2.05) is 19.1 Å². The maximum absolute atomic E-state index is 11.6. The van der Waals surface area contributed by atoms with Crippen LogP contribution in [0.4, 0.5) is 0 Å². The maximum Gasteiger partial charge on any atom is 0.337 e. The van der Waals surface area contributed by atoms with Gasteiger partial charge in [-0.25, -0.2) is 9.78 Å². The number of fused-ring (bicyclic) bond motifs is 1. The molecule has 3 aromatic rings. The fourth-order valence-corrected chi connectivity index (χ4v) is 4.10. The molecule has 5 nitrogen and oxygen atoms in total. The molecule has 0 unspecified atom stereocenters. The highest BCUT2D eigenvalue weighted by atomic mass is 16.5. The molecule has 5 heteroatoms. The van der Waals surface area contributed by atoms with Crippen molar-refractivity contribution in [2.75, 3.05) is 14.2 Å². The Morgan fingerprint density at radius 3 is 2.72 bits per heavy atom. The summed E-state index contributed by atoms with van der Waals surface area (Å²) >= 11 is 0. The Kier molecular flexibility index (Phi) is 5.49. The lowest BCUT2D eigenvalue weighted by Crippen LogP contribution is -2.27. The lowest BCUT2D eigenvalue weighted by molar-refractivity contribution is 0.0600. The molecule has 0 N–H and O–H groups in total. The first-order chi connectivity index (χ1) is 14.1. The summed E-state index contributed by atoms with van der Waals surface area (Å²) in [6.07, 6.45) is 3.53. The molecule has 0 amide bonds. The highest BCUT2D eigenvalue weighted by molar-refractivity contribution is 5.89. The van der Waals surface area contributed by atoms with Crippen LogP contribution in [0, 0.1) is 6.92 Å². The van der Waals surface area contributed by atoms with Gasteiger partial charge in [0.05, 0.1) is 18.4 Å². The van der Waals surface area contributed by atoms with Gasteiger partial charge in [0, 0.05) is 18.2 Å². The molecule has 4 rings (SSSR count). The third kappa shape index (κ3) is 3.96. The van der Waals surface area contributed by atoms with E-state index in [1.165, 1.54) is 24.7 Å². The molecule has 1 atom stereocenters. The fourth-order valence-electron chi connectivity index (χ4n) is 4.10. The first kappa shape index (κ1) is 19.4. The van der Waals surface area contributed by atoms with Crippen molar-refractivity contribution in [3.8, 4) is 11.5 Å². The zero-order valence-corrected chi connectivity index (χ0v) is 17.1. The molecule has 1 aliphatic rings. The van der Waals surface area contributed by atoms with E-state index in [0.29, 0.717) is 17.5 Å². The summed E-state index contributed by atoms with van der Waals surface area (Å²) in [5.41, 5.74) is 5.19. The summed E-state index contributed by atoms with van der Waals surface area (Å²) in [4.78, 5) is 18.7. The van der Waals surface area contributed by atoms with Crippen LogP contribution in [0.25, 0.3) is 11.5 Å². The third-order valence-electron chi connectivity index (χ3n) is 5.71. The first-order valence-electron chi connectivity index (χ1n) is 10.00. The van der Waals surface area contributed by atoms with Gasteiger partial charge in [0.15, 0.2) is 0 Å². The van der Waals surface area contributed by atoms with Crippen LogP contribution in [-0.4, -0.2) is 30.0 Å². The quantitative estimate of drug-likeness (QED) is 0.577. The zero-order valence-electron chi connectivity index (χ0n) is 17.1. The number of hydrogen-bond acceptors (Lipinski definition) is 5. The zero-order chi connectivity index (χ0) is 20.4. The number of carbonyl (C=O) groups is 1. The lowest BCUT2D eigenvalue weighted by Gasteiger charge is -2.33. The molecule has 0 bridgehead atoms. The van der Waals surface area contributed by atoms with Crippen molar-refractivity contribution in [3.63, 3.8) is 0 Å². The number of rotatable bonds is 5. The maximum atomic E-state index is 11.6. The Morgan fingerprint density at radius 1 is 1.21 bits per heavy atom. The van der Waals surface area contributed by atoms with E-state index in [2.05, 4.69) is 36.2 Å². The Morgan fingerprint density at radius 2 is 1.97 bits per heavy atom. The highest BCUT2D eigenvalue weighted by Gasteiger charge is 2.25. The van der Waals surface area contributed by atoms with E-state index in [4.69, 9.17) is 14.1 Å². The molecular weight excluding hydrogens is 364 g/mol. The van der Waals surface area contributed by atoms with Crippen LogP contribution in [-0.2, 0) is 17.7 Å². The number of aromatic nitrogens is 1. The average Bonchev–Trinajstić information content (AvgIpc) is 3.13. The number of oxazole rings is 1. The van der Waals surface area contributed by atoms with Gasteiger partial charge in [-0.05, 0) is 68.6 Å². The molecular formula is C24H26N2O3. The van der Waals surface area contributed by atoms with Gasteiger partial charge >= 0.3 is 5.97 Å². The molecule has 0 radical (unpaired) electrons. The van der Waals surface area contributed by atoms with Crippen molar-refractivity contribution >= 4 is 5.97 Å². The first-order valence-corrected chi connectivity index (χ1v) is 10.00. The Hall–Kier alpha value is -2.92. The van der Waals surface area contributed by atoms with Gasteiger partial charge in [-0.15, -0.1) is 0 Å². The number of benzene rings is 2. The number of carbonyl (C=O) groups excluding carboxylic acids is 1. The highest BCUT2D eigenvalue weighted by Crippen LogP contribution is 2.34. The SMILES string of the molecule is COC(=O)c1ccc(-c2nc(CN(C)[C@H]3CCCc4ccccc43)c(C)o2)cc1.